The molecule has 3 aromatic rings. The highest BCUT2D eigenvalue weighted by atomic mass is 32.1. The summed E-state index contributed by atoms with van der Waals surface area (Å²) >= 11 is 1.36. The number of thiazole rings is 1. The molecule has 3 nitrogen and oxygen atoms in total. The largest absolute Gasteiger partial charge is 0.493 e. The minimum atomic E-state index is 0.0375. The average Bonchev–Trinajstić information content (AvgIpc) is 2.82. The number of rotatable bonds is 1. The van der Waals surface area contributed by atoms with Gasteiger partial charge in [0, 0.05) is 5.39 Å². The smallest absolute Gasteiger partial charge is 0.222 e. The number of para-hydroxylation sites is 1. The molecule has 0 atom stereocenters. The molecule has 0 aliphatic heterocycles. The highest BCUT2D eigenvalue weighted by Gasteiger charge is 2.09. The van der Waals surface area contributed by atoms with Crippen LogP contribution in [-0.2, 0) is 0 Å². The molecule has 3 rings (SSSR count). The van der Waals surface area contributed by atoms with E-state index in [1.165, 1.54) is 11.3 Å². The van der Waals surface area contributed by atoms with Crippen molar-refractivity contribution < 1.29 is 9.52 Å². The lowest BCUT2D eigenvalue weighted by Gasteiger charge is -1.85. The molecule has 1 aromatic carbocycles. The molecule has 0 spiro atoms. The molecule has 0 saturated heterocycles. The van der Waals surface area contributed by atoms with Crippen LogP contribution in [0.3, 0.4) is 0 Å². The van der Waals surface area contributed by atoms with Crippen molar-refractivity contribution in [3.63, 3.8) is 0 Å². The van der Waals surface area contributed by atoms with Gasteiger partial charge in [0.2, 0.25) is 5.88 Å². The van der Waals surface area contributed by atoms with Gasteiger partial charge in [0.05, 0.1) is 5.38 Å². The fraction of sp³-hybridized carbons (Fsp3) is 0. The first-order chi connectivity index (χ1) is 7.33. The highest BCUT2D eigenvalue weighted by Crippen LogP contribution is 2.31. The molecular formula is C11H7NO2S. The molecular weight excluding hydrogens is 210 g/mol. The zero-order valence-electron chi connectivity index (χ0n) is 7.68. The van der Waals surface area contributed by atoms with Gasteiger partial charge in [-0.25, -0.2) is 0 Å². The molecule has 0 radical (unpaired) electrons. The lowest BCUT2D eigenvalue weighted by atomic mass is 10.2. The molecule has 15 heavy (non-hydrogen) atoms. The van der Waals surface area contributed by atoms with E-state index in [2.05, 4.69) is 4.98 Å². The number of fused-ring (bicyclic) bond motifs is 1. The van der Waals surface area contributed by atoms with Gasteiger partial charge in [-0.15, -0.1) is 11.3 Å². The molecule has 4 heteroatoms. The van der Waals surface area contributed by atoms with Gasteiger partial charge < -0.3 is 9.52 Å². The van der Waals surface area contributed by atoms with E-state index in [1.807, 2.05) is 30.3 Å². The van der Waals surface area contributed by atoms with Crippen molar-refractivity contribution in [3.05, 3.63) is 35.7 Å². The molecule has 0 saturated carbocycles. The molecule has 0 bridgehead atoms. The molecule has 0 fully saturated rings. The highest BCUT2D eigenvalue weighted by molar-refractivity contribution is 7.13. The van der Waals surface area contributed by atoms with Gasteiger partial charge in [-0.2, -0.15) is 4.98 Å². The van der Waals surface area contributed by atoms with Crippen molar-refractivity contribution in [2.45, 2.75) is 0 Å². The van der Waals surface area contributed by atoms with Crippen molar-refractivity contribution in [1.82, 2.24) is 4.98 Å². The molecule has 1 N–H and O–H groups in total. The fourth-order valence-electron chi connectivity index (χ4n) is 1.47. The molecule has 0 aliphatic carbocycles. The number of benzene rings is 1. The summed E-state index contributed by atoms with van der Waals surface area (Å²) in [4.78, 5) is 3.96. The Hall–Kier alpha value is -1.81. The Morgan fingerprint density at radius 1 is 1.27 bits per heavy atom. The van der Waals surface area contributed by atoms with E-state index in [9.17, 15) is 0 Å². The van der Waals surface area contributed by atoms with Gasteiger partial charge in [0.25, 0.3) is 0 Å². The number of hydrogen-bond acceptors (Lipinski definition) is 4. The normalized spacial score (nSPS) is 10.9. The van der Waals surface area contributed by atoms with Gasteiger partial charge in [-0.05, 0) is 12.1 Å². The minimum Gasteiger partial charge on any atom is -0.493 e. The fourth-order valence-corrected chi connectivity index (χ4v) is 2.10. The monoisotopic (exact) mass is 217 g/mol. The number of nitrogens with zero attached hydrogens (tertiary/aromatic N) is 1. The van der Waals surface area contributed by atoms with E-state index < -0.39 is 0 Å². The average molecular weight is 217 g/mol. The van der Waals surface area contributed by atoms with Crippen LogP contribution in [0.4, 0.5) is 0 Å². The van der Waals surface area contributed by atoms with Crippen LogP contribution in [0.15, 0.2) is 40.1 Å². The van der Waals surface area contributed by atoms with Crippen molar-refractivity contribution in [3.8, 4) is 16.6 Å². The third-order valence-corrected chi connectivity index (χ3v) is 2.97. The summed E-state index contributed by atoms with van der Waals surface area (Å²) < 4.78 is 5.60. The van der Waals surface area contributed by atoms with Crippen molar-refractivity contribution in [1.29, 1.82) is 0 Å². The van der Waals surface area contributed by atoms with Crippen LogP contribution in [0, 0.1) is 0 Å². The Morgan fingerprint density at radius 2 is 2.13 bits per heavy atom. The van der Waals surface area contributed by atoms with Crippen LogP contribution in [0.2, 0.25) is 0 Å². The number of hydrogen-bond donors (Lipinski definition) is 1. The lowest BCUT2D eigenvalue weighted by molar-refractivity contribution is 0.457. The quantitative estimate of drug-likeness (QED) is 0.680. The third kappa shape index (κ3) is 1.39. The third-order valence-electron chi connectivity index (χ3n) is 2.13. The maximum Gasteiger partial charge on any atom is 0.222 e. The standard InChI is InChI=1S/C11H7NO2S/c13-10-6-15-11(12-10)9-5-7-3-1-2-4-8(7)14-9/h1-6,13H. The molecule has 0 unspecified atom stereocenters. The van der Waals surface area contributed by atoms with E-state index in [-0.39, 0.29) is 5.88 Å². The number of aromatic hydroxyl groups is 1. The minimum absolute atomic E-state index is 0.0375. The second-order valence-electron chi connectivity index (χ2n) is 3.16. The van der Waals surface area contributed by atoms with E-state index in [4.69, 9.17) is 9.52 Å². The van der Waals surface area contributed by atoms with Gasteiger partial charge in [-0.3, -0.25) is 0 Å². The topological polar surface area (TPSA) is 46.3 Å². The number of aromatic nitrogens is 1. The van der Waals surface area contributed by atoms with E-state index in [0.717, 1.165) is 11.0 Å². The molecule has 0 amide bonds. The maximum absolute atomic E-state index is 9.15. The van der Waals surface area contributed by atoms with Crippen LogP contribution in [0.1, 0.15) is 0 Å². The zero-order valence-corrected chi connectivity index (χ0v) is 8.49. The Kier molecular flexibility index (Phi) is 1.76. The lowest BCUT2D eigenvalue weighted by Crippen LogP contribution is -1.68. The predicted octanol–water partition coefficient (Wildman–Crippen LogP) is 3.26. The van der Waals surface area contributed by atoms with E-state index in [1.54, 1.807) is 5.38 Å². The summed E-state index contributed by atoms with van der Waals surface area (Å²) in [5.41, 5.74) is 0.835. The van der Waals surface area contributed by atoms with Gasteiger partial charge in [0.1, 0.15) is 5.58 Å². The Labute approximate surface area is 89.6 Å². The summed E-state index contributed by atoms with van der Waals surface area (Å²) in [6, 6.07) is 9.70. The SMILES string of the molecule is Oc1csc(-c2cc3ccccc3o2)n1. The summed E-state index contributed by atoms with van der Waals surface area (Å²) in [5, 5.41) is 12.5. The Morgan fingerprint density at radius 3 is 2.87 bits per heavy atom. The second kappa shape index (κ2) is 3.10. The zero-order chi connectivity index (χ0) is 10.3. The van der Waals surface area contributed by atoms with Crippen LogP contribution < -0.4 is 0 Å². The number of furan rings is 1. The van der Waals surface area contributed by atoms with Crippen molar-refractivity contribution in [2.24, 2.45) is 0 Å². The van der Waals surface area contributed by atoms with Crippen molar-refractivity contribution >= 4 is 22.3 Å². The van der Waals surface area contributed by atoms with E-state index >= 15 is 0 Å². The second-order valence-corrected chi connectivity index (χ2v) is 4.02. The first-order valence-electron chi connectivity index (χ1n) is 4.46. The van der Waals surface area contributed by atoms with Crippen LogP contribution >= 0.6 is 11.3 Å². The molecule has 74 valence electrons. The first-order valence-corrected chi connectivity index (χ1v) is 5.34. The van der Waals surface area contributed by atoms with Crippen LogP contribution in [-0.4, -0.2) is 10.1 Å². The first kappa shape index (κ1) is 8.49. The summed E-state index contributed by atoms with van der Waals surface area (Å²) in [7, 11) is 0. The van der Waals surface area contributed by atoms with E-state index in [0.29, 0.717) is 10.8 Å². The summed E-state index contributed by atoms with van der Waals surface area (Å²) in [6.07, 6.45) is 0. The summed E-state index contributed by atoms with van der Waals surface area (Å²) in [6.45, 7) is 0. The Balaban J connectivity index is 2.19. The summed E-state index contributed by atoms with van der Waals surface area (Å²) in [5.74, 6) is 0.733. The van der Waals surface area contributed by atoms with Gasteiger partial charge in [0.15, 0.2) is 10.8 Å². The molecule has 2 aromatic heterocycles. The van der Waals surface area contributed by atoms with Gasteiger partial charge in [-0.1, -0.05) is 18.2 Å². The maximum atomic E-state index is 9.15. The van der Waals surface area contributed by atoms with Crippen LogP contribution in [0.5, 0.6) is 5.88 Å². The van der Waals surface area contributed by atoms with Crippen molar-refractivity contribution in [2.75, 3.05) is 0 Å². The molecule has 2 heterocycles. The predicted molar refractivity (Wildman–Crippen MR) is 59.0 cm³/mol. The molecule has 0 aliphatic rings. The Bertz CT molecular complexity index is 579. The van der Waals surface area contributed by atoms with Crippen LogP contribution in [0.25, 0.3) is 21.7 Å². The van der Waals surface area contributed by atoms with Gasteiger partial charge >= 0.3 is 0 Å².